The van der Waals surface area contributed by atoms with E-state index >= 15 is 0 Å². The summed E-state index contributed by atoms with van der Waals surface area (Å²) in [6.45, 7) is 2.42. The minimum Gasteiger partial charge on any atom is -0.315 e. The summed E-state index contributed by atoms with van der Waals surface area (Å²) in [4.78, 5) is 0. The van der Waals surface area contributed by atoms with Crippen LogP contribution in [0.3, 0.4) is 0 Å². The summed E-state index contributed by atoms with van der Waals surface area (Å²) >= 11 is 4.62. The van der Waals surface area contributed by atoms with Crippen LogP contribution < -0.4 is 5.73 Å². The molecule has 0 amide bonds. The van der Waals surface area contributed by atoms with E-state index < -0.39 is 16.2 Å². The van der Waals surface area contributed by atoms with Gasteiger partial charge in [0.25, 0.3) is 10.0 Å². The van der Waals surface area contributed by atoms with Crippen LogP contribution in [0, 0.1) is 6.92 Å². The lowest BCUT2D eigenvalue weighted by Crippen LogP contribution is -2.44. The Labute approximate surface area is 120 Å². The molecule has 1 fully saturated rings. The van der Waals surface area contributed by atoms with Gasteiger partial charge < -0.3 is 5.73 Å². The SMILES string of the molecule is Cc1cc(S(=O)(=O)N2CCCCCC2N)sc1Br. The molecule has 4 nitrogen and oxygen atoms in total. The second kappa shape index (κ2) is 5.58. The molecule has 1 aromatic rings. The maximum atomic E-state index is 12.6. The minimum atomic E-state index is -3.44. The molecule has 18 heavy (non-hydrogen) atoms. The minimum absolute atomic E-state index is 0.379. The quantitative estimate of drug-likeness (QED) is 0.889. The lowest BCUT2D eigenvalue weighted by Gasteiger charge is -2.25. The molecule has 0 bridgehead atoms. The molecular formula is C11H17BrN2O2S2. The van der Waals surface area contributed by atoms with Crippen LogP contribution in [0.25, 0.3) is 0 Å². The van der Waals surface area contributed by atoms with Gasteiger partial charge in [0, 0.05) is 6.54 Å². The predicted molar refractivity (Wildman–Crippen MR) is 77.1 cm³/mol. The van der Waals surface area contributed by atoms with Crippen molar-refractivity contribution in [2.24, 2.45) is 5.73 Å². The van der Waals surface area contributed by atoms with Gasteiger partial charge in [0.1, 0.15) is 4.21 Å². The fourth-order valence-electron chi connectivity index (χ4n) is 2.08. The molecule has 1 aliphatic rings. The largest absolute Gasteiger partial charge is 0.315 e. The smallest absolute Gasteiger partial charge is 0.253 e. The highest BCUT2D eigenvalue weighted by Crippen LogP contribution is 2.33. The summed E-state index contributed by atoms with van der Waals surface area (Å²) in [6, 6.07) is 1.71. The van der Waals surface area contributed by atoms with Gasteiger partial charge in [-0.1, -0.05) is 12.8 Å². The Balaban J connectivity index is 2.34. The summed E-state index contributed by atoms with van der Waals surface area (Å²) in [7, 11) is -3.44. The van der Waals surface area contributed by atoms with Crippen molar-refractivity contribution in [1.29, 1.82) is 0 Å². The maximum absolute atomic E-state index is 12.6. The van der Waals surface area contributed by atoms with Crippen molar-refractivity contribution >= 4 is 37.3 Å². The molecule has 102 valence electrons. The number of aryl methyl sites for hydroxylation is 1. The molecule has 0 saturated carbocycles. The van der Waals surface area contributed by atoms with E-state index in [0.29, 0.717) is 10.8 Å². The van der Waals surface area contributed by atoms with Crippen molar-refractivity contribution < 1.29 is 8.42 Å². The van der Waals surface area contributed by atoms with Gasteiger partial charge in [-0.05, 0) is 47.3 Å². The van der Waals surface area contributed by atoms with Crippen molar-refractivity contribution in [3.05, 3.63) is 15.4 Å². The van der Waals surface area contributed by atoms with E-state index in [0.717, 1.165) is 35.0 Å². The van der Waals surface area contributed by atoms with E-state index in [4.69, 9.17) is 5.73 Å². The van der Waals surface area contributed by atoms with Crippen LogP contribution in [-0.2, 0) is 10.0 Å². The molecule has 7 heteroatoms. The average Bonchev–Trinajstić information content (AvgIpc) is 2.51. The van der Waals surface area contributed by atoms with E-state index in [1.165, 1.54) is 15.6 Å². The number of rotatable bonds is 2. The summed E-state index contributed by atoms with van der Waals surface area (Å²) in [6.07, 6.45) is 3.29. The van der Waals surface area contributed by atoms with Crippen LogP contribution in [0.15, 0.2) is 14.1 Å². The fraction of sp³-hybridized carbons (Fsp3) is 0.636. The van der Waals surface area contributed by atoms with Gasteiger partial charge >= 0.3 is 0 Å². The Hall–Kier alpha value is 0.0500. The normalized spacial score (nSPS) is 22.9. The van der Waals surface area contributed by atoms with Crippen molar-refractivity contribution in [2.75, 3.05) is 6.54 Å². The van der Waals surface area contributed by atoms with Crippen LogP contribution in [0.1, 0.15) is 31.2 Å². The van der Waals surface area contributed by atoms with Gasteiger partial charge in [-0.25, -0.2) is 8.42 Å². The Morgan fingerprint density at radius 1 is 1.44 bits per heavy atom. The van der Waals surface area contributed by atoms with Crippen LogP contribution in [-0.4, -0.2) is 25.4 Å². The second-order valence-corrected chi connectivity index (χ2v) is 9.04. The third kappa shape index (κ3) is 2.80. The van der Waals surface area contributed by atoms with Crippen molar-refractivity contribution in [3.8, 4) is 0 Å². The molecule has 2 N–H and O–H groups in total. The Morgan fingerprint density at radius 3 is 2.78 bits per heavy atom. The highest BCUT2D eigenvalue weighted by Gasteiger charge is 2.31. The first-order valence-corrected chi connectivity index (χ1v) is 9.01. The van der Waals surface area contributed by atoms with Crippen molar-refractivity contribution in [2.45, 2.75) is 43.0 Å². The summed E-state index contributed by atoms with van der Waals surface area (Å²) < 4.78 is 27.8. The average molecular weight is 353 g/mol. The number of nitrogens with zero attached hydrogens (tertiary/aromatic N) is 1. The molecular weight excluding hydrogens is 336 g/mol. The van der Waals surface area contributed by atoms with Gasteiger partial charge in [-0.2, -0.15) is 4.31 Å². The maximum Gasteiger partial charge on any atom is 0.253 e. The number of thiophene rings is 1. The number of nitrogens with two attached hydrogens (primary N) is 1. The lowest BCUT2D eigenvalue weighted by molar-refractivity contribution is 0.330. The standard InChI is InChI=1S/C11H17BrN2O2S2/c1-8-7-10(17-11(8)12)18(15,16)14-6-4-2-3-5-9(14)13/h7,9H,2-6,13H2,1H3. The predicted octanol–water partition coefficient (Wildman–Crippen LogP) is 2.67. The fourth-order valence-corrected chi connectivity index (χ4v) is 6.02. The van der Waals surface area contributed by atoms with E-state index in [-0.39, 0.29) is 0 Å². The molecule has 0 radical (unpaired) electrons. The molecule has 1 atom stereocenters. The van der Waals surface area contributed by atoms with Gasteiger partial charge in [0.05, 0.1) is 9.95 Å². The number of hydrogen-bond acceptors (Lipinski definition) is 4. The lowest BCUT2D eigenvalue weighted by atomic mass is 10.2. The van der Waals surface area contributed by atoms with Gasteiger partial charge in [0.2, 0.25) is 0 Å². The van der Waals surface area contributed by atoms with E-state index in [1.54, 1.807) is 6.07 Å². The molecule has 1 aromatic heterocycles. The van der Waals surface area contributed by atoms with Gasteiger partial charge in [-0.15, -0.1) is 11.3 Å². The molecule has 1 saturated heterocycles. The first-order valence-electron chi connectivity index (χ1n) is 5.96. The summed E-state index contributed by atoms with van der Waals surface area (Å²) in [5, 5.41) is 0. The molecule has 2 heterocycles. The molecule has 2 rings (SSSR count). The number of sulfonamides is 1. The number of halogens is 1. The first-order chi connectivity index (χ1) is 8.43. The van der Waals surface area contributed by atoms with Crippen molar-refractivity contribution in [1.82, 2.24) is 4.31 Å². The van der Waals surface area contributed by atoms with Gasteiger partial charge in [0.15, 0.2) is 0 Å². The third-order valence-corrected chi connectivity index (χ3v) is 7.66. The molecule has 1 aliphatic heterocycles. The Bertz CT molecular complexity index is 508. The summed E-state index contributed by atoms with van der Waals surface area (Å²) in [5.41, 5.74) is 6.93. The van der Waals surface area contributed by atoms with Crippen LogP contribution in [0.2, 0.25) is 0 Å². The topological polar surface area (TPSA) is 63.4 Å². The zero-order chi connectivity index (χ0) is 13.3. The van der Waals surface area contributed by atoms with E-state index in [9.17, 15) is 8.42 Å². The highest BCUT2D eigenvalue weighted by molar-refractivity contribution is 9.11. The van der Waals surface area contributed by atoms with E-state index in [2.05, 4.69) is 15.9 Å². The zero-order valence-electron chi connectivity index (χ0n) is 10.2. The van der Waals surface area contributed by atoms with Crippen LogP contribution >= 0.6 is 27.3 Å². The highest BCUT2D eigenvalue weighted by atomic mass is 79.9. The van der Waals surface area contributed by atoms with E-state index in [1.807, 2.05) is 6.92 Å². The Kier molecular flexibility index (Phi) is 4.48. The Morgan fingerprint density at radius 2 is 2.17 bits per heavy atom. The van der Waals surface area contributed by atoms with Crippen LogP contribution in [0.4, 0.5) is 0 Å². The number of hydrogen-bond donors (Lipinski definition) is 1. The van der Waals surface area contributed by atoms with Crippen LogP contribution in [0.5, 0.6) is 0 Å². The first kappa shape index (κ1) is 14.5. The molecule has 1 unspecified atom stereocenters. The monoisotopic (exact) mass is 352 g/mol. The molecule has 0 aromatic carbocycles. The second-order valence-electron chi connectivity index (χ2n) is 4.55. The van der Waals surface area contributed by atoms with Gasteiger partial charge in [-0.3, -0.25) is 0 Å². The molecule has 0 aliphatic carbocycles. The zero-order valence-corrected chi connectivity index (χ0v) is 13.4. The molecule has 0 spiro atoms. The third-order valence-electron chi connectivity index (χ3n) is 3.15. The summed E-state index contributed by atoms with van der Waals surface area (Å²) in [5.74, 6) is 0. The van der Waals surface area contributed by atoms with Crippen molar-refractivity contribution in [3.63, 3.8) is 0 Å².